The number of hydrogen-bond acceptors (Lipinski definition) is 6. The summed E-state index contributed by atoms with van der Waals surface area (Å²) in [7, 11) is 0. The average molecular weight is 520 g/mol. The van der Waals surface area contributed by atoms with E-state index in [1.165, 1.54) is 23.1 Å². The molecule has 0 saturated carbocycles. The summed E-state index contributed by atoms with van der Waals surface area (Å²) in [6.07, 6.45) is 0.179. The molecule has 10 heteroatoms. The Morgan fingerprint density at radius 1 is 1.14 bits per heavy atom. The SMILES string of the molecule is CCOC(=O)C=Cc1ccc(N(C(=O)OC(C)(C)C)[C@@H]2CCN(Cc3ccc(C(F)(F)F)cc3)C2)nc1. The first-order valence-corrected chi connectivity index (χ1v) is 12.1. The summed E-state index contributed by atoms with van der Waals surface area (Å²) in [5.74, 6) is -0.0510. The number of hydrogen-bond donors (Lipinski definition) is 0. The summed E-state index contributed by atoms with van der Waals surface area (Å²) >= 11 is 0. The number of benzene rings is 1. The van der Waals surface area contributed by atoms with Crippen LogP contribution in [0.3, 0.4) is 0 Å². The lowest BCUT2D eigenvalue weighted by Gasteiger charge is -2.31. The summed E-state index contributed by atoms with van der Waals surface area (Å²) in [5, 5.41) is 0. The van der Waals surface area contributed by atoms with Crippen molar-refractivity contribution in [3.05, 3.63) is 65.4 Å². The van der Waals surface area contributed by atoms with Crippen molar-refractivity contribution in [2.75, 3.05) is 24.6 Å². The van der Waals surface area contributed by atoms with Crippen LogP contribution in [0, 0.1) is 0 Å². The van der Waals surface area contributed by atoms with Crippen LogP contribution in [0.1, 0.15) is 50.8 Å². The predicted octanol–water partition coefficient (Wildman–Crippen LogP) is 5.69. The molecule has 1 aromatic heterocycles. The number of amides is 1. The van der Waals surface area contributed by atoms with Crippen molar-refractivity contribution in [2.24, 2.45) is 0 Å². The van der Waals surface area contributed by atoms with Gasteiger partial charge in [0.1, 0.15) is 11.4 Å². The quantitative estimate of drug-likeness (QED) is 0.346. The van der Waals surface area contributed by atoms with Crippen molar-refractivity contribution in [3.8, 4) is 0 Å². The predicted molar refractivity (Wildman–Crippen MR) is 134 cm³/mol. The first-order valence-electron chi connectivity index (χ1n) is 12.1. The number of aromatic nitrogens is 1. The Hall–Kier alpha value is -3.40. The fraction of sp³-hybridized carbons (Fsp3) is 0.444. The van der Waals surface area contributed by atoms with Gasteiger partial charge in [0.05, 0.1) is 18.2 Å². The highest BCUT2D eigenvalue weighted by molar-refractivity contribution is 5.88. The second-order valence-corrected chi connectivity index (χ2v) is 9.76. The van der Waals surface area contributed by atoms with Crippen LogP contribution >= 0.6 is 0 Å². The van der Waals surface area contributed by atoms with Crippen molar-refractivity contribution in [2.45, 2.75) is 58.5 Å². The molecule has 1 aromatic carbocycles. The Balaban J connectivity index is 1.74. The largest absolute Gasteiger partial charge is 0.463 e. The molecule has 7 nitrogen and oxygen atoms in total. The molecule has 1 atom stereocenters. The van der Waals surface area contributed by atoms with Gasteiger partial charge in [0.25, 0.3) is 0 Å². The second kappa shape index (κ2) is 11.8. The summed E-state index contributed by atoms with van der Waals surface area (Å²) in [5.41, 5.74) is 0.0267. The van der Waals surface area contributed by atoms with Gasteiger partial charge in [-0.2, -0.15) is 13.2 Å². The minimum absolute atomic E-state index is 0.238. The van der Waals surface area contributed by atoms with Gasteiger partial charge in [-0.05, 0) is 75.6 Å². The van der Waals surface area contributed by atoms with E-state index in [-0.39, 0.29) is 12.6 Å². The molecule has 2 aromatic rings. The van der Waals surface area contributed by atoms with Crippen molar-refractivity contribution in [1.29, 1.82) is 0 Å². The summed E-state index contributed by atoms with van der Waals surface area (Å²) in [6.45, 7) is 8.98. The van der Waals surface area contributed by atoms with E-state index in [4.69, 9.17) is 9.47 Å². The molecule has 2 heterocycles. The third-order valence-corrected chi connectivity index (χ3v) is 5.61. The van der Waals surface area contributed by atoms with Crippen LogP contribution in [-0.4, -0.2) is 53.3 Å². The molecule has 200 valence electrons. The lowest BCUT2D eigenvalue weighted by Crippen LogP contribution is -2.45. The summed E-state index contributed by atoms with van der Waals surface area (Å²) in [4.78, 5) is 32.8. The van der Waals surface area contributed by atoms with Crippen LogP contribution in [-0.2, 0) is 27.0 Å². The maximum Gasteiger partial charge on any atom is 0.416 e. The number of nitrogens with zero attached hydrogens (tertiary/aromatic N) is 3. The highest BCUT2D eigenvalue weighted by Gasteiger charge is 2.35. The smallest absolute Gasteiger partial charge is 0.416 e. The van der Waals surface area contributed by atoms with Gasteiger partial charge < -0.3 is 9.47 Å². The lowest BCUT2D eigenvalue weighted by molar-refractivity contribution is -0.138. The molecular formula is C27H32F3N3O4. The zero-order valence-corrected chi connectivity index (χ0v) is 21.4. The van der Waals surface area contributed by atoms with E-state index in [1.807, 2.05) is 0 Å². The van der Waals surface area contributed by atoms with E-state index in [0.29, 0.717) is 37.4 Å². The second-order valence-electron chi connectivity index (χ2n) is 9.76. The molecule has 0 spiro atoms. The van der Waals surface area contributed by atoms with Crippen molar-refractivity contribution < 1.29 is 32.2 Å². The van der Waals surface area contributed by atoms with Gasteiger partial charge in [-0.1, -0.05) is 12.1 Å². The number of halogens is 3. The van der Waals surface area contributed by atoms with E-state index in [2.05, 4.69) is 9.88 Å². The van der Waals surface area contributed by atoms with Gasteiger partial charge in [0.15, 0.2) is 0 Å². The van der Waals surface area contributed by atoms with Gasteiger partial charge in [-0.3, -0.25) is 9.80 Å². The Kier molecular flexibility index (Phi) is 8.96. The van der Waals surface area contributed by atoms with E-state index < -0.39 is 29.4 Å². The number of ether oxygens (including phenoxy) is 2. The number of rotatable bonds is 7. The highest BCUT2D eigenvalue weighted by atomic mass is 19.4. The monoisotopic (exact) mass is 519 g/mol. The van der Waals surface area contributed by atoms with Crippen molar-refractivity contribution >= 4 is 24.0 Å². The fourth-order valence-electron chi connectivity index (χ4n) is 3.96. The average Bonchev–Trinajstić information content (AvgIpc) is 3.25. The molecule has 0 unspecified atom stereocenters. The molecule has 1 amide bonds. The minimum Gasteiger partial charge on any atom is -0.463 e. The highest BCUT2D eigenvalue weighted by Crippen LogP contribution is 2.30. The molecular weight excluding hydrogens is 487 g/mol. The van der Waals surface area contributed by atoms with Gasteiger partial charge in [-0.15, -0.1) is 0 Å². The topological polar surface area (TPSA) is 72.0 Å². The Labute approximate surface area is 214 Å². The van der Waals surface area contributed by atoms with Gasteiger partial charge in [-0.25, -0.2) is 14.6 Å². The lowest BCUT2D eigenvalue weighted by atomic mass is 10.1. The van der Waals surface area contributed by atoms with Crippen molar-refractivity contribution in [3.63, 3.8) is 0 Å². The molecule has 0 aliphatic carbocycles. The van der Waals surface area contributed by atoms with Gasteiger partial charge in [0.2, 0.25) is 0 Å². The van der Waals surface area contributed by atoms with Crippen LogP contribution in [0.25, 0.3) is 6.08 Å². The number of esters is 1. The zero-order valence-electron chi connectivity index (χ0n) is 21.4. The maximum atomic E-state index is 13.2. The molecule has 0 radical (unpaired) electrons. The van der Waals surface area contributed by atoms with E-state index in [0.717, 1.165) is 17.7 Å². The zero-order chi connectivity index (χ0) is 27.2. The summed E-state index contributed by atoms with van der Waals surface area (Å²) in [6, 6.07) is 8.31. The number of carbonyl (C=O) groups is 2. The standard InChI is InChI=1S/C27H32F3N3O4/c1-5-36-24(34)13-9-19-8-12-23(31-16-19)33(25(35)37-26(2,3)4)22-14-15-32(18-22)17-20-6-10-21(11-7-20)27(28,29)30/h6-13,16,22H,5,14-15,17-18H2,1-4H3/t22-/m1/s1. The third-order valence-electron chi connectivity index (χ3n) is 5.61. The van der Waals surface area contributed by atoms with Crippen LogP contribution in [0.4, 0.5) is 23.8 Å². The number of carbonyl (C=O) groups excluding carboxylic acids is 2. The first kappa shape index (κ1) is 28.2. The molecule has 1 aliphatic rings. The normalized spacial score (nSPS) is 16.7. The molecule has 1 aliphatic heterocycles. The molecule has 3 rings (SSSR count). The minimum atomic E-state index is -4.37. The summed E-state index contributed by atoms with van der Waals surface area (Å²) < 4.78 is 49.1. The number of pyridine rings is 1. The van der Waals surface area contributed by atoms with Crippen LogP contribution in [0.2, 0.25) is 0 Å². The van der Waals surface area contributed by atoms with E-state index in [1.54, 1.807) is 52.1 Å². The molecule has 37 heavy (non-hydrogen) atoms. The number of anilines is 1. The van der Waals surface area contributed by atoms with Crippen molar-refractivity contribution in [1.82, 2.24) is 9.88 Å². The van der Waals surface area contributed by atoms with Crippen LogP contribution < -0.4 is 4.90 Å². The van der Waals surface area contributed by atoms with Crippen LogP contribution in [0.15, 0.2) is 48.7 Å². The van der Waals surface area contributed by atoms with Gasteiger partial charge >= 0.3 is 18.2 Å². The molecule has 1 saturated heterocycles. The number of likely N-dealkylation sites (tertiary alicyclic amines) is 1. The maximum absolute atomic E-state index is 13.2. The third kappa shape index (κ3) is 8.31. The Morgan fingerprint density at radius 2 is 1.84 bits per heavy atom. The van der Waals surface area contributed by atoms with E-state index in [9.17, 15) is 22.8 Å². The fourth-order valence-corrected chi connectivity index (χ4v) is 3.96. The van der Waals surface area contributed by atoms with Gasteiger partial charge in [0, 0.05) is 31.9 Å². The Morgan fingerprint density at radius 3 is 2.41 bits per heavy atom. The Bertz CT molecular complexity index is 1090. The molecule has 0 bridgehead atoms. The number of alkyl halides is 3. The first-order chi connectivity index (χ1) is 17.4. The molecule has 0 N–H and O–H groups in total. The molecule has 1 fully saturated rings. The van der Waals surface area contributed by atoms with E-state index >= 15 is 0 Å². The van der Waals surface area contributed by atoms with Crippen LogP contribution in [0.5, 0.6) is 0 Å².